The van der Waals surface area contributed by atoms with Crippen LogP contribution in [0.4, 0.5) is 0 Å². The van der Waals surface area contributed by atoms with Crippen molar-refractivity contribution in [1.29, 1.82) is 0 Å². The maximum Gasteiger partial charge on any atom is 0.231 e. The molecule has 1 aromatic heterocycles. The Balaban J connectivity index is 1.36. The number of nitrogens with zero attached hydrogens (tertiary/aromatic N) is 3. The molecule has 0 unspecified atom stereocenters. The lowest BCUT2D eigenvalue weighted by molar-refractivity contribution is 0.130. The van der Waals surface area contributed by atoms with Crippen molar-refractivity contribution in [2.45, 2.75) is 13.3 Å². The number of ether oxygens (including phenoxy) is 5. The zero-order valence-corrected chi connectivity index (χ0v) is 21.7. The van der Waals surface area contributed by atoms with Gasteiger partial charge in [0.15, 0.2) is 23.0 Å². The molecule has 0 atom stereocenters. The third kappa shape index (κ3) is 4.45. The summed E-state index contributed by atoms with van der Waals surface area (Å²) < 4.78 is 28.9. The quantitative estimate of drug-likeness (QED) is 0.253. The van der Waals surface area contributed by atoms with Crippen LogP contribution in [0.5, 0.6) is 28.9 Å². The van der Waals surface area contributed by atoms with Gasteiger partial charge in [-0.15, -0.1) is 0 Å². The average Bonchev–Trinajstić information content (AvgIpc) is 3.41. The molecule has 0 amide bonds. The van der Waals surface area contributed by atoms with E-state index in [-0.39, 0.29) is 6.79 Å². The maximum atomic E-state index is 6.37. The van der Waals surface area contributed by atoms with E-state index in [9.17, 15) is 0 Å². The number of methoxy groups -OCH3 is 2. The van der Waals surface area contributed by atoms with Crippen LogP contribution in [-0.2, 0) is 0 Å². The van der Waals surface area contributed by atoms with E-state index >= 15 is 0 Å². The first kappa shape index (κ1) is 23.9. The third-order valence-electron chi connectivity index (χ3n) is 7.51. The summed E-state index contributed by atoms with van der Waals surface area (Å²) in [4.78, 5) is 10.1. The van der Waals surface area contributed by atoms with Gasteiger partial charge in [0.05, 0.1) is 26.3 Å². The highest BCUT2D eigenvalue weighted by Crippen LogP contribution is 2.43. The number of hydrogen-bond acceptors (Lipinski definition) is 8. The lowest BCUT2D eigenvalue weighted by Crippen LogP contribution is -2.46. The predicted molar refractivity (Wildman–Crippen MR) is 145 cm³/mol. The van der Waals surface area contributed by atoms with E-state index in [4.69, 9.17) is 28.7 Å². The van der Waals surface area contributed by atoms with Crippen LogP contribution in [-0.4, -0.2) is 81.7 Å². The zero-order chi connectivity index (χ0) is 25.4. The molecule has 194 valence electrons. The van der Waals surface area contributed by atoms with Crippen LogP contribution in [0.1, 0.15) is 13.3 Å². The van der Waals surface area contributed by atoms with Crippen molar-refractivity contribution in [3.63, 3.8) is 0 Å². The van der Waals surface area contributed by atoms with Crippen LogP contribution in [0.25, 0.3) is 32.4 Å². The first-order chi connectivity index (χ1) is 18.2. The van der Waals surface area contributed by atoms with Crippen molar-refractivity contribution < 1.29 is 23.7 Å². The highest BCUT2D eigenvalue weighted by Gasteiger charge is 2.20. The molecule has 2 aliphatic heterocycles. The fourth-order valence-electron chi connectivity index (χ4n) is 5.37. The first-order valence-corrected chi connectivity index (χ1v) is 13.0. The Kier molecular flexibility index (Phi) is 6.52. The van der Waals surface area contributed by atoms with Crippen molar-refractivity contribution in [2.75, 3.05) is 66.9 Å². The van der Waals surface area contributed by atoms with Crippen molar-refractivity contribution in [2.24, 2.45) is 0 Å². The number of benzene rings is 3. The van der Waals surface area contributed by atoms with Gasteiger partial charge in [0.1, 0.15) is 0 Å². The molecule has 3 aromatic carbocycles. The molecule has 4 aromatic rings. The summed E-state index contributed by atoms with van der Waals surface area (Å²) in [5.74, 6) is 3.42. The molecule has 0 aliphatic carbocycles. The van der Waals surface area contributed by atoms with E-state index in [2.05, 4.69) is 28.9 Å². The molecular formula is C29H33N3O5. The second-order valence-corrected chi connectivity index (χ2v) is 9.54. The molecule has 1 saturated heterocycles. The smallest absolute Gasteiger partial charge is 0.231 e. The van der Waals surface area contributed by atoms with E-state index in [1.165, 1.54) is 0 Å². The molecule has 0 bridgehead atoms. The monoisotopic (exact) mass is 503 g/mol. The number of fused-ring (bicyclic) bond motifs is 6. The SMILES string of the molecule is CCN1CCN(CCCOc2nc3c4cc5c(cc4ccc3c3cc(OC)c(OC)cc23)OCO5)CC1. The molecule has 0 radical (unpaired) electrons. The van der Waals surface area contributed by atoms with Crippen LogP contribution in [0.2, 0.25) is 0 Å². The van der Waals surface area contributed by atoms with Gasteiger partial charge in [0.2, 0.25) is 12.7 Å². The van der Waals surface area contributed by atoms with Crippen molar-refractivity contribution in [1.82, 2.24) is 14.8 Å². The molecule has 37 heavy (non-hydrogen) atoms. The minimum atomic E-state index is 0.235. The summed E-state index contributed by atoms with van der Waals surface area (Å²) in [6.45, 7) is 9.71. The van der Waals surface area contributed by atoms with Gasteiger partial charge in [0.25, 0.3) is 0 Å². The zero-order valence-electron chi connectivity index (χ0n) is 21.7. The Morgan fingerprint density at radius 2 is 1.51 bits per heavy atom. The highest BCUT2D eigenvalue weighted by atomic mass is 16.7. The number of aromatic nitrogens is 1. The normalized spacial score (nSPS) is 16.1. The van der Waals surface area contributed by atoms with Crippen LogP contribution in [0, 0.1) is 0 Å². The number of likely N-dealkylation sites (N-methyl/N-ethyl adjacent to an activating group) is 1. The van der Waals surface area contributed by atoms with E-state index in [0.29, 0.717) is 24.0 Å². The summed E-state index contributed by atoms with van der Waals surface area (Å²) in [6.07, 6.45) is 0.939. The van der Waals surface area contributed by atoms with Gasteiger partial charge < -0.3 is 33.5 Å². The third-order valence-corrected chi connectivity index (χ3v) is 7.51. The summed E-state index contributed by atoms with van der Waals surface area (Å²) in [5, 5.41) is 4.97. The van der Waals surface area contributed by atoms with Gasteiger partial charge in [-0.05, 0) is 42.6 Å². The van der Waals surface area contributed by atoms with Gasteiger partial charge >= 0.3 is 0 Å². The Bertz CT molecular complexity index is 1450. The van der Waals surface area contributed by atoms with Crippen LogP contribution in [0.15, 0.2) is 36.4 Å². The second-order valence-electron chi connectivity index (χ2n) is 9.54. The number of pyridine rings is 1. The standard InChI is InChI=1S/C29H33N3O5/c1-4-31-9-11-32(12-10-31)8-5-13-35-29-23-17-25(34-3)24(33-2)16-22(23)20-7-6-19-14-26-27(37-18-36-26)15-21(19)28(20)30-29/h6-7,14-17H,4-5,8-13,18H2,1-3H3. The van der Waals surface area contributed by atoms with Crippen molar-refractivity contribution in [3.8, 4) is 28.9 Å². The lowest BCUT2D eigenvalue weighted by atomic mass is 10.0. The average molecular weight is 504 g/mol. The molecule has 8 nitrogen and oxygen atoms in total. The summed E-state index contributed by atoms with van der Waals surface area (Å²) in [5.41, 5.74) is 0.862. The summed E-state index contributed by atoms with van der Waals surface area (Å²) >= 11 is 0. The fraction of sp³-hybridized carbons (Fsp3) is 0.414. The van der Waals surface area contributed by atoms with E-state index in [1.807, 2.05) is 24.3 Å². The van der Waals surface area contributed by atoms with E-state index in [1.54, 1.807) is 14.2 Å². The van der Waals surface area contributed by atoms with Gasteiger partial charge in [-0.1, -0.05) is 19.1 Å². The van der Waals surface area contributed by atoms with Crippen molar-refractivity contribution >= 4 is 32.4 Å². The van der Waals surface area contributed by atoms with Gasteiger partial charge in [-0.2, -0.15) is 0 Å². The van der Waals surface area contributed by atoms with Gasteiger partial charge in [0, 0.05) is 54.3 Å². The topological polar surface area (TPSA) is 65.5 Å². The number of rotatable bonds is 8. The molecule has 1 fully saturated rings. The largest absolute Gasteiger partial charge is 0.493 e. The Morgan fingerprint density at radius 1 is 0.811 bits per heavy atom. The lowest BCUT2D eigenvalue weighted by Gasteiger charge is -2.33. The van der Waals surface area contributed by atoms with Crippen LogP contribution < -0.4 is 23.7 Å². The Morgan fingerprint density at radius 3 is 2.24 bits per heavy atom. The highest BCUT2D eigenvalue weighted by molar-refractivity contribution is 6.17. The minimum absolute atomic E-state index is 0.235. The predicted octanol–water partition coefficient (Wildman–Crippen LogP) is 4.69. The molecule has 6 rings (SSSR count). The summed E-state index contributed by atoms with van der Waals surface area (Å²) in [7, 11) is 3.30. The molecule has 0 N–H and O–H groups in total. The summed E-state index contributed by atoms with van der Waals surface area (Å²) in [6, 6.07) is 12.2. The molecule has 3 heterocycles. The molecule has 0 spiro atoms. The van der Waals surface area contributed by atoms with Crippen molar-refractivity contribution in [3.05, 3.63) is 36.4 Å². The van der Waals surface area contributed by atoms with E-state index in [0.717, 1.165) is 89.6 Å². The Hall–Kier alpha value is -3.49. The van der Waals surface area contributed by atoms with Gasteiger partial charge in [-0.3, -0.25) is 0 Å². The molecule has 0 saturated carbocycles. The van der Waals surface area contributed by atoms with Crippen LogP contribution >= 0.6 is 0 Å². The Labute approximate surface area is 216 Å². The molecule has 8 heteroatoms. The minimum Gasteiger partial charge on any atom is -0.493 e. The number of piperazine rings is 1. The second kappa shape index (κ2) is 10.1. The molecular weight excluding hydrogens is 470 g/mol. The fourth-order valence-corrected chi connectivity index (χ4v) is 5.37. The number of hydrogen-bond donors (Lipinski definition) is 0. The maximum absolute atomic E-state index is 6.37. The van der Waals surface area contributed by atoms with Gasteiger partial charge in [-0.25, -0.2) is 4.98 Å². The van der Waals surface area contributed by atoms with E-state index < -0.39 is 0 Å². The molecule has 2 aliphatic rings. The first-order valence-electron chi connectivity index (χ1n) is 13.0. The van der Waals surface area contributed by atoms with Crippen LogP contribution in [0.3, 0.4) is 0 Å².